The van der Waals surface area contributed by atoms with Crippen LogP contribution in [0.1, 0.15) is 10.5 Å². The Balaban J connectivity index is 1.63. The van der Waals surface area contributed by atoms with Gasteiger partial charge in [-0.15, -0.1) is 0 Å². The number of rotatable bonds is 3. The minimum absolute atomic E-state index is 0.257. The van der Waals surface area contributed by atoms with Gasteiger partial charge in [-0.05, 0) is 24.3 Å². The van der Waals surface area contributed by atoms with Crippen molar-refractivity contribution in [3.8, 4) is 0 Å². The van der Waals surface area contributed by atoms with Crippen molar-refractivity contribution >= 4 is 39.8 Å². The molecule has 0 aliphatic carbocycles. The highest BCUT2D eigenvalue weighted by Crippen LogP contribution is 2.34. The number of aromatic nitrogens is 1. The maximum Gasteiger partial charge on any atom is 0.274 e. The largest absolute Gasteiger partial charge is 0.378 e. The van der Waals surface area contributed by atoms with Crippen LogP contribution in [0.15, 0.2) is 54.6 Å². The molecule has 0 atom stereocenters. The SMILES string of the molecule is O=C(Nc1cccc(Cl)c1N1CCOCC1)c1ccc2ccccc2n1. The summed E-state index contributed by atoms with van der Waals surface area (Å²) in [6, 6.07) is 16.9. The molecule has 3 aromatic rings. The second-order valence-corrected chi connectivity index (χ2v) is 6.49. The van der Waals surface area contributed by atoms with E-state index in [9.17, 15) is 4.79 Å². The second kappa shape index (κ2) is 7.32. The Kier molecular flexibility index (Phi) is 4.73. The molecule has 0 bridgehead atoms. The molecule has 0 saturated carbocycles. The maximum atomic E-state index is 12.7. The summed E-state index contributed by atoms with van der Waals surface area (Å²) in [5.74, 6) is -0.257. The van der Waals surface area contributed by atoms with Gasteiger partial charge in [-0.1, -0.05) is 41.9 Å². The number of pyridine rings is 1. The fraction of sp³-hybridized carbons (Fsp3) is 0.200. The van der Waals surface area contributed by atoms with Crippen LogP contribution in [0.2, 0.25) is 5.02 Å². The van der Waals surface area contributed by atoms with Crippen LogP contribution in [0, 0.1) is 0 Å². The molecule has 5 nitrogen and oxygen atoms in total. The standard InChI is InChI=1S/C20H18ClN3O2/c21-15-5-3-7-17(19(15)24-10-12-26-13-11-24)23-20(25)18-9-8-14-4-1-2-6-16(14)22-18/h1-9H,10-13H2,(H,23,25). The molecular weight excluding hydrogens is 350 g/mol. The zero-order valence-corrected chi connectivity index (χ0v) is 14.9. The number of amides is 1. The van der Waals surface area contributed by atoms with Gasteiger partial charge in [0.05, 0.1) is 35.1 Å². The molecule has 0 spiro atoms. The van der Waals surface area contributed by atoms with E-state index in [0.717, 1.165) is 29.7 Å². The molecule has 6 heteroatoms. The van der Waals surface area contributed by atoms with Crippen molar-refractivity contribution in [2.75, 3.05) is 36.5 Å². The van der Waals surface area contributed by atoms with Crippen molar-refractivity contribution in [2.24, 2.45) is 0 Å². The molecular formula is C20H18ClN3O2. The monoisotopic (exact) mass is 367 g/mol. The summed E-state index contributed by atoms with van der Waals surface area (Å²) in [6.45, 7) is 2.76. The second-order valence-electron chi connectivity index (χ2n) is 6.08. The molecule has 1 aromatic heterocycles. The molecule has 26 heavy (non-hydrogen) atoms. The molecule has 0 unspecified atom stereocenters. The molecule has 1 aliphatic rings. The average Bonchev–Trinajstić information content (AvgIpc) is 2.68. The first-order valence-electron chi connectivity index (χ1n) is 8.51. The zero-order valence-electron chi connectivity index (χ0n) is 14.1. The number of anilines is 2. The van der Waals surface area contributed by atoms with Crippen LogP contribution >= 0.6 is 11.6 Å². The van der Waals surface area contributed by atoms with Crippen LogP contribution < -0.4 is 10.2 Å². The molecule has 1 N–H and O–H groups in total. The summed E-state index contributed by atoms with van der Waals surface area (Å²) in [7, 11) is 0. The van der Waals surface area contributed by atoms with E-state index in [1.165, 1.54) is 0 Å². The lowest BCUT2D eigenvalue weighted by molar-refractivity contribution is 0.102. The van der Waals surface area contributed by atoms with Gasteiger partial charge in [0, 0.05) is 18.5 Å². The number of nitrogens with one attached hydrogen (secondary N) is 1. The molecule has 2 heterocycles. The lowest BCUT2D eigenvalue weighted by atomic mass is 10.2. The Bertz CT molecular complexity index is 955. The number of morpholine rings is 1. The first-order valence-corrected chi connectivity index (χ1v) is 8.88. The number of halogens is 1. The average molecular weight is 368 g/mol. The van der Waals surface area contributed by atoms with Gasteiger partial charge < -0.3 is 15.0 Å². The number of hydrogen-bond donors (Lipinski definition) is 1. The van der Waals surface area contributed by atoms with Gasteiger partial charge in [-0.25, -0.2) is 4.98 Å². The minimum atomic E-state index is -0.257. The summed E-state index contributed by atoms with van der Waals surface area (Å²) in [4.78, 5) is 19.3. The molecule has 4 rings (SSSR count). The third-order valence-electron chi connectivity index (χ3n) is 4.39. The molecule has 1 fully saturated rings. The maximum absolute atomic E-state index is 12.7. The third kappa shape index (κ3) is 3.36. The predicted octanol–water partition coefficient (Wildman–Crippen LogP) is 3.98. The van der Waals surface area contributed by atoms with Crippen molar-refractivity contribution in [1.29, 1.82) is 0 Å². The highest BCUT2D eigenvalue weighted by molar-refractivity contribution is 6.34. The number of hydrogen-bond acceptors (Lipinski definition) is 4. The summed E-state index contributed by atoms with van der Waals surface area (Å²) in [6.07, 6.45) is 0. The highest BCUT2D eigenvalue weighted by atomic mass is 35.5. The Morgan fingerprint density at radius 2 is 1.85 bits per heavy atom. The van der Waals surface area contributed by atoms with Crippen molar-refractivity contribution in [3.63, 3.8) is 0 Å². The highest BCUT2D eigenvalue weighted by Gasteiger charge is 2.19. The summed E-state index contributed by atoms with van der Waals surface area (Å²) < 4.78 is 5.41. The number of ether oxygens (including phenoxy) is 1. The van der Waals surface area contributed by atoms with Crippen molar-refractivity contribution in [3.05, 3.63) is 65.3 Å². The van der Waals surface area contributed by atoms with Crippen LogP contribution in [0.3, 0.4) is 0 Å². The molecule has 1 amide bonds. The van der Waals surface area contributed by atoms with Crippen LogP contribution in [-0.2, 0) is 4.74 Å². The number of nitrogens with zero attached hydrogens (tertiary/aromatic N) is 2. The van der Waals surface area contributed by atoms with Gasteiger partial charge in [0.15, 0.2) is 0 Å². The first kappa shape index (κ1) is 16.8. The van der Waals surface area contributed by atoms with Crippen LogP contribution in [0.5, 0.6) is 0 Å². The first-order chi connectivity index (χ1) is 12.7. The Labute approximate surface area is 156 Å². The summed E-state index contributed by atoms with van der Waals surface area (Å²) in [5.41, 5.74) is 2.67. The van der Waals surface area contributed by atoms with Crippen molar-refractivity contribution in [1.82, 2.24) is 4.98 Å². The number of carbonyl (C=O) groups is 1. The van der Waals surface area contributed by atoms with Gasteiger partial charge in [-0.2, -0.15) is 0 Å². The molecule has 1 saturated heterocycles. The quantitative estimate of drug-likeness (QED) is 0.760. The lowest BCUT2D eigenvalue weighted by Crippen LogP contribution is -2.37. The van der Waals surface area contributed by atoms with Crippen LogP contribution in [-0.4, -0.2) is 37.2 Å². The number of carbonyl (C=O) groups excluding carboxylic acids is 1. The summed E-state index contributed by atoms with van der Waals surface area (Å²) in [5, 5.41) is 4.57. The minimum Gasteiger partial charge on any atom is -0.378 e. The van der Waals surface area contributed by atoms with Crippen LogP contribution in [0.25, 0.3) is 10.9 Å². The molecule has 0 radical (unpaired) electrons. The Morgan fingerprint density at radius 1 is 1.04 bits per heavy atom. The number of fused-ring (bicyclic) bond motifs is 1. The molecule has 132 valence electrons. The van der Waals surface area contributed by atoms with E-state index in [1.807, 2.05) is 48.5 Å². The van der Waals surface area contributed by atoms with Crippen molar-refractivity contribution < 1.29 is 9.53 Å². The number of para-hydroxylation sites is 2. The van der Waals surface area contributed by atoms with Gasteiger partial charge in [-0.3, -0.25) is 4.79 Å². The van der Waals surface area contributed by atoms with Crippen molar-refractivity contribution in [2.45, 2.75) is 0 Å². The van der Waals surface area contributed by atoms with E-state index in [4.69, 9.17) is 16.3 Å². The van der Waals surface area contributed by atoms with Gasteiger partial charge in [0.25, 0.3) is 5.91 Å². The topological polar surface area (TPSA) is 54.5 Å². The Morgan fingerprint density at radius 3 is 2.69 bits per heavy atom. The lowest BCUT2D eigenvalue weighted by Gasteiger charge is -2.31. The van der Waals surface area contributed by atoms with Gasteiger partial charge in [0.1, 0.15) is 5.69 Å². The smallest absolute Gasteiger partial charge is 0.274 e. The fourth-order valence-electron chi connectivity index (χ4n) is 3.10. The van der Waals surface area contributed by atoms with E-state index in [-0.39, 0.29) is 5.91 Å². The van der Waals surface area contributed by atoms with E-state index in [0.29, 0.717) is 29.6 Å². The van der Waals surface area contributed by atoms with Gasteiger partial charge >= 0.3 is 0 Å². The normalized spacial score (nSPS) is 14.4. The zero-order chi connectivity index (χ0) is 17.9. The third-order valence-corrected chi connectivity index (χ3v) is 4.70. The predicted molar refractivity (Wildman–Crippen MR) is 104 cm³/mol. The Hall–Kier alpha value is -2.63. The number of benzene rings is 2. The van der Waals surface area contributed by atoms with Gasteiger partial charge in [0.2, 0.25) is 0 Å². The van der Waals surface area contributed by atoms with Crippen LogP contribution in [0.4, 0.5) is 11.4 Å². The summed E-state index contributed by atoms with van der Waals surface area (Å²) >= 11 is 6.42. The molecule has 1 aliphatic heterocycles. The van der Waals surface area contributed by atoms with E-state index >= 15 is 0 Å². The molecule has 2 aromatic carbocycles. The fourth-order valence-corrected chi connectivity index (χ4v) is 3.40. The van der Waals surface area contributed by atoms with E-state index in [2.05, 4.69) is 15.2 Å². The van der Waals surface area contributed by atoms with E-state index in [1.54, 1.807) is 6.07 Å². The van der Waals surface area contributed by atoms with E-state index < -0.39 is 0 Å².